The van der Waals surface area contributed by atoms with Crippen molar-refractivity contribution in [2.45, 2.75) is 6.42 Å². The number of nitrogens with zero attached hydrogens (tertiary/aromatic N) is 1. The van der Waals surface area contributed by atoms with Gasteiger partial charge < -0.3 is 15.4 Å². The fourth-order valence-electron chi connectivity index (χ4n) is 5.57. The molecule has 0 saturated heterocycles. The zero-order valence-electron chi connectivity index (χ0n) is 21.1. The van der Waals surface area contributed by atoms with Crippen LogP contribution in [-0.2, 0) is 16.0 Å². The van der Waals surface area contributed by atoms with Crippen molar-refractivity contribution >= 4 is 56.6 Å². The van der Waals surface area contributed by atoms with E-state index in [1.807, 2.05) is 84.9 Å². The number of nitrogens with one attached hydrogen (secondary N) is 2. The minimum atomic E-state index is -0.189. The van der Waals surface area contributed by atoms with E-state index in [0.717, 1.165) is 33.3 Å². The number of para-hydroxylation sites is 3. The first-order valence-electron chi connectivity index (χ1n) is 12.8. The number of fused-ring (bicyclic) bond motifs is 4. The van der Waals surface area contributed by atoms with Crippen molar-refractivity contribution in [3.63, 3.8) is 0 Å². The number of ketones is 2. The smallest absolute Gasteiger partial charge is 0.257 e. The molecule has 5 aromatic rings. The maximum atomic E-state index is 12.4. The van der Waals surface area contributed by atoms with Crippen LogP contribution < -0.4 is 5.32 Å². The normalized spacial score (nSPS) is 16.7. The average molecular weight is 524 g/mol. The molecule has 0 atom stereocenters. The van der Waals surface area contributed by atoms with Crippen LogP contribution in [0.2, 0.25) is 0 Å². The molecule has 0 radical (unpaired) electrons. The zero-order valence-corrected chi connectivity index (χ0v) is 21.1. The van der Waals surface area contributed by atoms with E-state index in [9.17, 15) is 19.5 Å². The third kappa shape index (κ3) is 3.60. The highest BCUT2D eigenvalue weighted by molar-refractivity contribution is 6.56. The molecule has 1 amide bonds. The van der Waals surface area contributed by atoms with E-state index in [1.54, 1.807) is 12.1 Å². The lowest BCUT2D eigenvalue weighted by molar-refractivity contribution is -0.113. The highest BCUT2D eigenvalue weighted by Gasteiger charge is 2.34. The van der Waals surface area contributed by atoms with Gasteiger partial charge in [-0.15, -0.1) is 0 Å². The number of aliphatic imine (C=N–C) groups is 1. The molecule has 1 aliphatic carbocycles. The summed E-state index contributed by atoms with van der Waals surface area (Å²) < 4.78 is 0. The first kappa shape index (κ1) is 23.5. The fraction of sp³-hybridized carbons (Fsp3) is 0.0303. The van der Waals surface area contributed by atoms with E-state index in [1.165, 1.54) is 0 Å². The van der Waals surface area contributed by atoms with Gasteiger partial charge in [-0.3, -0.25) is 14.4 Å². The molecule has 4 aromatic carbocycles. The molecule has 3 heterocycles. The van der Waals surface area contributed by atoms with E-state index < -0.39 is 0 Å². The number of amides is 1. The van der Waals surface area contributed by atoms with E-state index in [4.69, 9.17) is 0 Å². The maximum absolute atomic E-state index is 12.4. The summed E-state index contributed by atoms with van der Waals surface area (Å²) in [5.41, 5.74) is 7.32. The average Bonchev–Trinajstić information content (AvgIpc) is 3.68. The number of hydrogen-bond acceptors (Lipinski definition) is 5. The SMILES string of the molecule is O=C1C(c2c(O)[nH]c3ccccc23)=Nc2ccccc21.O=C1Cc2ccccc2/C1=C1\C(=O)Nc2ccccc21. The number of carbonyl (C=O) groups is 3. The largest absolute Gasteiger partial charge is 0.494 e. The first-order chi connectivity index (χ1) is 19.5. The summed E-state index contributed by atoms with van der Waals surface area (Å²) in [5, 5.41) is 13.7. The predicted molar refractivity (Wildman–Crippen MR) is 154 cm³/mol. The number of Topliss-reactive ketones (excluding diaryl/α,β-unsaturated/α-hetero) is 2. The van der Waals surface area contributed by atoms with Crippen molar-refractivity contribution in [1.29, 1.82) is 0 Å². The highest BCUT2D eigenvalue weighted by Crippen LogP contribution is 2.41. The molecule has 0 spiro atoms. The van der Waals surface area contributed by atoms with Crippen molar-refractivity contribution < 1.29 is 19.5 Å². The topological polar surface area (TPSA) is 112 Å². The fourth-order valence-corrected chi connectivity index (χ4v) is 5.57. The van der Waals surface area contributed by atoms with Crippen LogP contribution in [0.4, 0.5) is 11.4 Å². The van der Waals surface area contributed by atoms with Crippen LogP contribution in [0, 0.1) is 0 Å². The van der Waals surface area contributed by atoms with Crippen LogP contribution in [0.15, 0.2) is 102 Å². The van der Waals surface area contributed by atoms with Crippen LogP contribution >= 0.6 is 0 Å². The van der Waals surface area contributed by atoms with Gasteiger partial charge in [0, 0.05) is 39.7 Å². The molecule has 40 heavy (non-hydrogen) atoms. The summed E-state index contributed by atoms with van der Waals surface area (Å²) >= 11 is 0. The zero-order chi connectivity index (χ0) is 27.4. The molecule has 3 N–H and O–H groups in total. The number of anilines is 1. The molecular weight excluding hydrogens is 502 g/mol. The predicted octanol–water partition coefficient (Wildman–Crippen LogP) is 5.87. The molecule has 8 rings (SSSR count). The Morgan fingerprint density at radius 1 is 0.700 bits per heavy atom. The summed E-state index contributed by atoms with van der Waals surface area (Å²) in [6, 6.07) is 29.8. The summed E-state index contributed by atoms with van der Waals surface area (Å²) in [6.45, 7) is 0. The highest BCUT2D eigenvalue weighted by atomic mass is 16.3. The monoisotopic (exact) mass is 523 g/mol. The number of aromatic nitrogens is 1. The molecule has 0 bridgehead atoms. The van der Waals surface area contributed by atoms with Gasteiger partial charge in [-0.05, 0) is 35.4 Å². The van der Waals surface area contributed by atoms with Crippen LogP contribution in [0.5, 0.6) is 5.88 Å². The summed E-state index contributed by atoms with van der Waals surface area (Å²) in [5.74, 6) is -0.342. The quantitative estimate of drug-likeness (QED) is 0.239. The van der Waals surface area contributed by atoms with Gasteiger partial charge in [0.25, 0.3) is 5.91 Å². The number of aromatic hydroxyl groups is 1. The number of allylic oxidation sites excluding steroid dienone is 1. The van der Waals surface area contributed by atoms with Gasteiger partial charge in [-0.2, -0.15) is 0 Å². The Morgan fingerprint density at radius 3 is 2.20 bits per heavy atom. The van der Waals surface area contributed by atoms with Crippen molar-refractivity contribution in [2.75, 3.05) is 5.32 Å². The lowest BCUT2D eigenvalue weighted by Gasteiger charge is -2.04. The second-order valence-electron chi connectivity index (χ2n) is 9.71. The molecule has 0 unspecified atom stereocenters. The van der Waals surface area contributed by atoms with Gasteiger partial charge in [0.15, 0.2) is 11.7 Å². The van der Waals surface area contributed by atoms with Crippen molar-refractivity contribution in [1.82, 2.24) is 4.98 Å². The van der Waals surface area contributed by atoms with Crippen LogP contribution in [0.3, 0.4) is 0 Å². The van der Waals surface area contributed by atoms with Gasteiger partial charge in [0.2, 0.25) is 5.78 Å². The Kier molecular flexibility index (Phi) is 5.31. The summed E-state index contributed by atoms with van der Waals surface area (Å²) in [7, 11) is 0. The molecule has 7 nitrogen and oxygen atoms in total. The molecule has 0 fully saturated rings. The van der Waals surface area contributed by atoms with Crippen molar-refractivity contribution in [3.05, 3.63) is 125 Å². The van der Waals surface area contributed by atoms with E-state index in [-0.39, 0.29) is 23.4 Å². The Morgan fingerprint density at radius 2 is 1.38 bits per heavy atom. The number of carbonyl (C=O) groups excluding carboxylic acids is 3. The van der Waals surface area contributed by atoms with E-state index in [2.05, 4.69) is 15.3 Å². The Balaban J connectivity index is 0.000000132. The van der Waals surface area contributed by atoms with E-state index >= 15 is 0 Å². The van der Waals surface area contributed by atoms with Gasteiger partial charge in [-0.25, -0.2) is 4.99 Å². The minimum Gasteiger partial charge on any atom is -0.494 e. The van der Waals surface area contributed by atoms with Crippen LogP contribution in [-0.4, -0.2) is 33.3 Å². The first-order valence-corrected chi connectivity index (χ1v) is 12.8. The van der Waals surface area contributed by atoms with Crippen molar-refractivity contribution in [3.8, 4) is 5.88 Å². The van der Waals surface area contributed by atoms with Crippen molar-refractivity contribution in [2.24, 2.45) is 4.99 Å². The Labute approximate surface area is 228 Å². The Hall–Kier alpha value is -5.56. The van der Waals surface area contributed by atoms with Gasteiger partial charge >= 0.3 is 0 Å². The standard InChI is InChI=1S/C17H11NO2.C16H10N2O2/c19-14-9-10-5-1-2-6-11(10)15(14)16-12-7-3-4-8-13(12)18-17(16)20;19-15-10-6-2-4-8-12(10)17-14(15)13-9-5-1-3-7-11(9)18-16(13)20/h1-8H,9H2,(H,18,20);1-8,18,20H/b16-15+;. The third-order valence-electron chi connectivity index (χ3n) is 7.36. The third-order valence-corrected chi connectivity index (χ3v) is 7.36. The number of H-pyrrole nitrogens is 1. The van der Waals surface area contributed by atoms with E-state index in [0.29, 0.717) is 40.1 Å². The molecular formula is C33H21N3O4. The number of benzene rings is 4. The maximum Gasteiger partial charge on any atom is 0.257 e. The number of aromatic amines is 1. The second-order valence-corrected chi connectivity index (χ2v) is 9.71. The number of rotatable bonds is 1. The van der Waals surface area contributed by atoms with Gasteiger partial charge in [-0.1, -0.05) is 72.8 Å². The lowest BCUT2D eigenvalue weighted by Crippen LogP contribution is -2.10. The lowest BCUT2D eigenvalue weighted by atomic mass is 9.96. The second kappa shape index (κ2) is 9.03. The molecule has 1 aromatic heterocycles. The molecule has 192 valence electrons. The van der Waals surface area contributed by atoms with Crippen LogP contribution in [0.25, 0.3) is 22.0 Å². The molecule has 3 aliphatic rings. The molecule has 0 saturated carbocycles. The van der Waals surface area contributed by atoms with Gasteiger partial charge in [0.05, 0.1) is 16.8 Å². The molecule has 7 heteroatoms. The van der Waals surface area contributed by atoms with Gasteiger partial charge in [0.1, 0.15) is 5.71 Å². The van der Waals surface area contributed by atoms with Crippen LogP contribution in [0.1, 0.15) is 32.6 Å². The summed E-state index contributed by atoms with van der Waals surface area (Å²) in [4.78, 5) is 44.3. The number of hydrogen-bond donors (Lipinski definition) is 3. The Bertz CT molecular complexity index is 1910. The minimum absolute atomic E-state index is 0.0213. The summed E-state index contributed by atoms with van der Waals surface area (Å²) in [6.07, 6.45) is 0.379. The molecule has 2 aliphatic heterocycles.